The minimum absolute atomic E-state index is 0.128. The summed E-state index contributed by atoms with van der Waals surface area (Å²) in [6.45, 7) is 13.1. The van der Waals surface area contributed by atoms with Crippen molar-refractivity contribution in [2.75, 3.05) is 11.9 Å². The van der Waals surface area contributed by atoms with Crippen molar-refractivity contribution in [3.05, 3.63) is 58.8 Å². The van der Waals surface area contributed by atoms with Crippen molar-refractivity contribution in [3.63, 3.8) is 0 Å². The monoisotopic (exact) mass is 410 g/mol. The first kappa shape index (κ1) is 25.4. The number of carbonyl (C=O) groups is 2. The number of rotatable bonds is 6. The third kappa shape index (κ3) is 6.72. The van der Waals surface area contributed by atoms with Gasteiger partial charge in [0.15, 0.2) is 0 Å². The summed E-state index contributed by atoms with van der Waals surface area (Å²) in [6, 6.07) is 7.92. The zero-order valence-corrected chi connectivity index (χ0v) is 19.5. The summed E-state index contributed by atoms with van der Waals surface area (Å²) in [4.78, 5) is 26.6. The van der Waals surface area contributed by atoms with E-state index in [9.17, 15) is 9.59 Å². The normalized spacial score (nSPS) is 16.9. The number of nitrogens with zero attached hydrogens (tertiary/aromatic N) is 1. The van der Waals surface area contributed by atoms with E-state index < -0.39 is 0 Å². The van der Waals surface area contributed by atoms with Gasteiger partial charge in [-0.3, -0.25) is 14.5 Å². The molecule has 1 fully saturated rings. The van der Waals surface area contributed by atoms with E-state index in [1.165, 1.54) is 10.5 Å². The molecule has 0 unspecified atom stereocenters. The molecule has 164 valence electrons. The molecule has 1 aliphatic carbocycles. The molecule has 0 radical (unpaired) electrons. The molecule has 4 heteroatoms. The summed E-state index contributed by atoms with van der Waals surface area (Å²) in [6.07, 6.45) is 9.78. The Balaban J connectivity index is 0.00000106. The van der Waals surface area contributed by atoms with Gasteiger partial charge in [-0.15, -0.1) is 0 Å². The number of likely N-dealkylation sites (tertiary alicyclic amines) is 1. The molecule has 2 aliphatic rings. The van der Waals surface area contributed by atoms with Gasteiger partial charge in [0.05, 0.1) is 6.42 Å². The number of benzene rings is 1. The summed E-state index contributed by atoms with van der Waals surface area (Å²) in [5, 5.41) is 3.42. The first-order chi connectivity index (χ1) is 14.6. The molecule has 2 amide bonds. The lowest BCUT2D eigenvalue weighted by Gasteiger charge is -2.20. The van der Waals surface area contributed by atoms with E-state index in [2.05, 4.69) is 19.2 Å². The predicted octanol–water partition coefficient (Wildman–Crippen LogP) is 6.72. The van der Waals surface area contributed by atoms with E-state index in [1.54, 1.807) is 0 Å². The lowest BCUT2D eigenvalue weighted by Crippen LogP contribution is -2.29. The Kier molecular flexibility index (Phi) is 11.5. The molecule has 4 nitrogen and oxygen atoms in total. The Labute approximate surface area is 182 Å². The number of allylic oxidation sites excluding steroid dienone is 4. The Bertz CT molecular complexity index is 803. The van der Waals surface area contributed by atoms with Crippen molar-refractivity contribution in [1.82, 2.24) is 4.90 Å². The van der Waals surface area contributed by atoms with Crippen LogP contribution in [0.1, 0.15) is 79.2 Å². The molecule has 1 aromatic rings. The number of imide groups is 1. The standard InChI is InChI=1S/C22H26N2O2.2C2H6/c1-3-4-13-23-20-8-6-5-7-17(20)14-18-15-21(25)24(22(18)26)19-11-9-16(2)10-12-19;2*1-2/h5-9,11,14,23H,3-4,10,12-13,15H2,1-2H3;2*1-2H3/b18-14+;;. The van der Waals surface area contributed by atoms with Crippen molar-refractivity contribution in [3.8, 4) is 0 Å². The highest BCUT2D eigenvalue weighted by atomic mass is 16.2. The SMILES string of the molecule is CC.CC.CCCCNc1ccccc1/C=C1\CC(=O)N(C2=CC=C(C)CC2)C1=O. The molecule has 1 saturated heterocycles. The maximum Gasteiger partial charge on any atom is 0.261 e. The minimum Gasteiger partial charge on any atom is -0.385 e. The quantitative estimate of drug-likeness (QED) is 0.322. The smallest absolute Gasteiger partial charge is 0.261 e. The fourth-order valence-corrected chi connectivity index (χ4v) is 3.27. The van der Waals surface area contributed by atoms with Gasteiger partial charge in [-0.1, -0.05) is 70.9 Å². The van der Waals surface area contributed by atoms with Crippen molar-refractivity contribution in [2.24, 2.45) is 0 Å². The van der Waals surface area contributed by atoms with Gasteiger partial charge in [0.25, 0.3) is 5.91 Å². The third-order valence-electron chi connectivity index (χ3n) is 4.83. The van der Waals surface area contributed by atoms with Crippen LogP contribution < -0.4 is 5.32 Å². The highest BCUT2D eigenvalue weighted by Crippen LogP contribution is 2.30. The molecule has 1 aromatic carbocycles. The largest absolute Gasteiger partial charge is 0.385 e. The van der Waals surface area contributed by atoms with Crippen LogP contribution in [0.2, 0.25) is 0 Å². The number of nitrogens with one attached hydrogen (secondary N) is 1. The zero-order valence-electron chi connectivity index (χ0n) is 19.5. The molecule has 3 rings (SSSR count). The van der Waals surface area contributed by atoms with E-state index in [4.69, 9.17) is 0 Å². The highest BCUT2D eigenvalue weighted by Gasteiger charge is 2.36. The average molecular weight is 411 g/mol. The molecular weight excluding hydrogens is 372 g/mol. The number of carbonyl (C=O) groups excluding carboxylic acids is 2. The van der Waals surface area contributed by atoms with Crippen molar-refractivity contribution < 1.29 is 9.59 Å². The first-order valence-electron chi connectivity index (χ1n) is 11.4. The van der Waals surface area contributed by atoms with Crippen molar-refractivity contribution in [1.29, 1.82) is 0 Å². The fourth-order valence-electron chi connectivity index (χ4n) is 3.27. The van der Waals surface area contributed by atoms with Gasteiger partial charge >= 0.3 is 0 Å². The van der Waals surface area contributed by atoms with Crippen LogP contribution in [0.4, 0.5) is 5.69 Å². The van der Waals surface area contributed by atoms with Crippen LogP contribution >= 0.6 is 0 Å². The Morgan fingerprint density at radius 2 is 1.73 bits per heavy atom. The van der Waals surface area contributed by atoms with Crippen LogP contribution in [0.15, 0.2) is 53.3 Å². The molecule has 1 heterocycles. The average Bonchev–Trinajstić information content (AvgIpc) is 3.06. The predicted molar refractivity (Wildman–Crippen MR) is 128 cm³/mol. The zero-order chi connectivity index (χ0) is 22.5. The molecule has 0 saturated carbocycles. The summed E-state index contributed by atoms with van der Waals surface area (Å²) < 4.78 is 0. The van der Waals surface area contributed by atoms with Crippen LogP contribution in [0.25, 0.3) is 6.08 Å². The molecule has 30 heavy (non-hydrogen) atoms. The van der Waals surface area contributed by atoms with Crippen LogP contribution in [0.3, 0.4) is 0 Å². The van der Waals surface area contributed by atoms with Crippen molar-refractivity contribution >= 4 is 23.6 Å². The lowest BCUT2D eigenvalue weighted by atomic mass is 10.0. The van der Waals surface area contributed by atoms with Gasteiger partial charge in [0.1, 0.15) is 0 Å². The molecular formula is C26H38N2O2. The van der Waals surface area contributed by atoms with Gasteiger partial charge in [0.2, 0.25) is 5.91 Å². The fraction of sp³-hybridized carbons (Fsp3) is 0.462. The maximum atomic E-state index is 12.8. The molecule has 1 aliphatic heterocycles. The van der Waals surface area contributed by atoms with Crippen LogP contribution in [0, 0.1) is 0 Å². The highest BCUT2D eigenvalue weighted by molar-refractivity contribution is 6.17. The number of amides is 2. The maximum absolute atomic E-state index is 12.8. The van der Waals surface area contributed by atoms with Crippen molar-refractivity contribution in [2.45, 2.75) is 73.6 Å². The van der Waals surface area contributed by atoms with Gasteiger partial charge in [-0.25, -0.2) is 0 Å². The lowest BCUT2D eigenvalue weighted by molar-refractivity contribution is -0.135. The second kappa shape index (κ2) is 13.6. The number of para-hydroxylation sites is 1. The molecule has 0 atom stereocenters. The summed E-state index contributed by atoms with van der Waals surface area (Å²) in [7, 11) is 0. The van der Waals surface area contributed by atoms with E-state index in [1.807, 2.05) is 70.2 Å². The number of hydrogen-bond donors (Lipinski definition) is 1. The van der Waals surface area contributed by atoms with Gasteiger partial charge in [-0.05, 0) is 50.0 Å². The second-order valence-corrected chi connectivity index (χ2v) is 6.92. The number of unbranched alkanes of at least 4 members (excludes halogenated alkanes) is 1. The minimum atomic E-state index is -0.183. The third-order valence-corrected chi connectivity index (χ3v) is 4.83. The van der Waals surface area contributed by atoms with Crippen LogP contribution in [-0.4, -0.2) is 23.3 Å². The summed E-state index contributed by atoms with van der Waals surface area (Å²) in [5.74, 6) is -0.311. The Hall–Kier alpha value is -2.62. The Morgan fingerprint density at radius 1 is 1.03 bits per heavy atom. The second-order valence-electron chi connectivity index (χ2n) is 6.92. The van der Waals surface area contributed by atoms with E-state index in [-0.39, 0.29) is 18.2 Å². The number of hydrogen-bond acceptors (Lipinski definition) is 3. The van der Waals surface area contributed by atoms with Crippen LogP contribution in [0.5, 0.6) is 0 Å². The van der Waals surface area contributed by atoms with E-state index in [0.29, 0.717) is 5.57 Å². The molecule has 0 aromatic heterocycles. The van der Waals surface area contributed by atoms with E-state index in [0.717, 1.165) is 49.2 Å². The molecule has 0 spiro atoms. The van der Waals surface area contributed by atoms with Crippen LogP contribution in [-0.2, 0) is 9.59 Å². The summed E-state index contributed by atoms with van der Waals surface area (Å²) in [5.41, 5.74) is 4.60. The summed E-state index contributed by atoms with van der Waals surface area (Å²) >= 11 is 0. The van der Waals surface area contributed by atoms with E-state index >= 15 is 0 Å². The molecule has 0 bridgehead atoms. The first-order valence-corrected chi connectivity index (χ1v) is 11.4. The topological polar surface area (TPSA) is 49.4 Å². The number of anilines is 1. The van der Waals surface area contributed by atoms with Gasteiger partial charge in [0, 0.05) is 23.5 Å². The van der Waals surface area contributed by atoms with Gasteiger partial charge < -0.3 is 5.32 Å². The van der Waals surface area contributed by atoms with Gasteiger partial charge in [-0.2, -0.15) is 0 Å². The molecule has 1 N–H and O–H groups in total. The Morgan fingerprint density at radius 3 is 2.37 bits per heavy atom.